The van der Waals surface area contributed by atoms with Gasteiger partial charge in [0.2, 0.25) is 0 Å². The van der Waals surface area contributed by atoms with Gasteiger partial charge in [0, 0.05) is 18.1 Å². The van der Waals surface area contributed by atoms with Crippen molar-refractivity contribution in [3.63, 3.8) is 0 Å². The van der Waals surface area contributed by atoms with Gasteiger partial charge in [0.1, 0.15) is 0 Å². The minimum absolute atomic E-state index is 0.698. The van der Waals surface area contributed by atoms with Crippen LogP contribution in [0.1, 0.15) is 25.2 Å². The van der Waals surface area contributed by atoms with E-state index in [0.717, 1.165) is 23.7 Å². The molecular formula is C13H19N3S. The van der Waals surface area contributed by atoms with Gasteiger partial charge in [-0.2, -0.15) is 0 Å². The second-order valence-electron chi connectivity index (χ2n) is 4.59. The molecular weight excluding hydrogens is 230 g/mol. The first-order valence-corrected chi connectivity index (χ1v) is 6.86. The molecule has 0 saturated heterocycles. The summed E-state index contributed by atoms with van der Waals surface area (Å²) in [7, 11) is 0. The quantitative estimate of drug-likeness (QED) is 0.826. The fourth-order valence-electron chi connectivity index (χ4n) is 1.74. The number of rotatable bonds is 5. The van der Waals surface area contributed by atoms with E-state index in [0.29, 0.717) is 5.92 Å². The summed E-state index contributed by atoms with van der Waals surface area (Å²) >= 11 is 1.67. The monoisotopic (exact) mass is 249 g/mol. The van der Waals surface area contributed by atoms with E-state index in [-0.39, 0.29) is 0 Å². The van der Waals surface area contributed by atoms with Crippen molar-refractivity contribution in [2.75, 3.05) is 13.1 Å². The molecule has 0 fully saturated rings. The maximum absolute atomic E-state index is 4.51. The van der Waals surface area contributed by atoms with Gasteiger partial charge in [0.15, 0.2) is 4.96 Å². The number of aryl methyl sites for hydroxylation is 1. The summed E-state index contributed by atoms with van der Waals surface area (Å²) in [5.41, 5.74) is 2.28. The number of imidazole rings is 1. The summed E-state index contributed by atoms with van der Waals surface area (Å²) in [5, 5.41) is 5.46. The lowest BCUT2D eigenvalue weighted by Crippen LogP contribution is -2.19. The maximum Gasteiger partial charge on any atom is 0.194 e. The van der Waals surface area contributed by atoms with Crippen LogP contribution >= 0.6 is 11.3 Å². The molecule has 4 heteroatoms. The first kappa shape index (κ1) is 12.3. The lowest BCUT2D eigenvalue weighted by atomic mass is 10.2. The van der Waals surface area contributed by atoms with E-state index >= 15 is 0 Å². The Morgan fingerprint density at radius 2 is 2.35 bits per heavy atom. The van der Waals surface area contributed by atoms with E-state index in [1.54, 1.807) is 11.3 Å². The highest BCUT2D eigenvalue weighted by Gasteiger charge is 2.05. The smallest absolute Gasteiger partial charge is 0.194 e. The minimum Gasteiger partial charge on any atom is -0.313 e. The molecule has 0 radical (unpaired) electrons. The van der Waals surface area contributed by atoms with Gasteiger partial charge in [-0.3, -0.25) is 4.40 Å². The molecule has 2 aromatic heterocycles. The normalized spacial score (nSPS) is 12.2. The summed E-state index contributed by atoms with van der Waals surface area (Å²) in [6.07, 6.45) is 6.38. The zero-order valence-corrected chi connectivity index (χ0v) is 11.4. The molecule has 0 unspecified atom stereocenters. The lowest BCUT2D eigenvalue weighted by Gasteiger charge is -2.03. The number of thiazole rings is 1. The van der Waals surface area contributed by atoms with Crippen LogP contribution in [0.5, 0.6) is 0 Å². The summed E-state index contributed by atoms with van der Waals surface area (Å²) in [4.78, 5) is 5.58. The van der Waals surface area contributed by atoms with E-state index in [1.165, 1.54) is 5.69 Å². The number of hydrogen-bond acceptors (Lipinski definition) is 3. The fourth-order valence-corrected chi connectivity index (χ4v) is 2.50. The third-order valence-corrected chi connectivity index (χ3v) is 3.33. The highest BCUT2D eigenvalue weighted by atomic mass is 32.1. The van der Waals surface area contributed by atoms with Gasteiger partial charge in [-0.25, -0.2) is 4.98 Å². The van der Waals surface area contributed by atoms with Crippen molar-refractivity contribution < 1.29 is 0 Å². The predicted molar refractivity (Wildman–Crippen MR) is 74.5 cm³/mol. The van der Waals surface area contributed by atoms with Crippen LogP contribution in [0.3, 0.4) is 0 Å². The molecule has 1 N–H and O–H groups in total. The molecule has 0 bridgehead atoms. The maximum atomic E-state index is 4.51. The van der Waals surface area contributed by atoms with Crippen LogP contribution in [-0.2, 0) is 0 Å². The van der Waals surface area contributed by atoms with E-state index < -0.39 is 0 Å². The molecule has 0 amide bonds. The van der Waals surface area contributed by atoms with E-state index in [4.69, 9.17) is 0 Å². The fraction of sp³-hybridized carbons (Fsp3) is 0.462. The Hall–Kier alpha value is -1.13. The van der Waals surface area contributed by atoms with Gasteiger partial charge in [-0.05, 0) is 25.5 Å². The van der Waals surface area contributed by atoms with E-state index in [1.807, 2.05) is 0 Å². The molecule has 2 rings (SSSR count). The number of nitrogens with one attached hydrogen (secondary N) is 1. The van der Waals surface area contributed by atoms with E-state index in [9.17, 15) is 0 Å². The molecule has 2 aromatic rings. The minimum atomic E-state index is 0.698. The van der Waals surface area contributed by atoms with Crippen molar-refractivity contribution in [1.82, 2.24) is 14.7 Å². The number of hydrogen-bond donors (Lipinski definition) is 1. The Balaban J connectivity index is 2.00. The highest BCUT2D eigenvalue weighted by Crippen LogP contribution is 2.17. The molecule has 92 valence electrons. The van der Waals surface area contributed by atoms with Crippen molar-refractivity contribution in [3.8, 4) is 0 Å². The number of nitrogens with zero attached hydrogens (tertiary/aromatic N) is 2. The van der Waals surface area contributed by atoms with Gasteiger partial charge < -0.3 is 5.32 Å². The van der Waals surface area contributed by atoms with Gasteiger partial charge >= 0.3 is 0 Å². The third-order valence-electron chi connectivity index (χ3n) is 2.57. The molecule has 17 heavy (non-hydrogen) atoms. The average Bonchev–Trinajstić information content (AvgIpc) is 2.80. The summed E-state index contributed by atoms with van der Waals surface area (Å²) in [5.74, 6) is 0.698. The van der Waals surface area contributed by atoms with Crippen molar-refractivity contribution in [3.05, 3.63) is 29.0 Å². The van der Waals surface area contributed by atoms with Crippen molar-refractivity contribution >= 4 is 22.4 Å². The molecule has 0 aliphatic carbocycles. The molecule has 2 heterocycles. The lowest BCUT2D eigenvalue weighted by molar-refractivity contribution is 0.577. The second kappa shape index (κ2) is 5.47. The number of fused-ring (bicyclic) bond motifs is 1. The van der Waals surface area contributed by atoms with Gasteiger partial charge in [-0.1, -0.05) is 19.9 Å². The zero-order chi connectivity index (χ0) is 12.3. The predicted octanol–water partition coefficient (Wildman–Crippen LogP) is 2.96. The Labute approximate surface area is 106 Å². The first-order valence-electron chi connectivity index (χ1n) is 5.98. The Bertz CT molecular complexity index is 508. The highest BCUT2D eigenvalue weighted by molar-refractivity contribution is 7.15. The first-order chi connectivity index (χ1) is 8.18. The summed E-state index contributed by atoms with van der Waals surface area (Å²) in [6, 6.07) is 0. The van der Waals surface area contributed by atoms with Crippen molar-refractivity contribution in [2.45, 2.75) is 20.8 Å². The summed E-state index contributed by atoms with van der Waals surface area (Å²) in [6.45, 7) is 8.46. The zero-order valence-electron chi connectivity index (χ0n) is 10.6. The number of aromatic nitrogens is 2. The molecule has 0 aromatic carbocycles. The van der Waals surface area contributed by atoms with Gasteiger partial charge in [0.05, 0.1) is 11.4 Å². The summed E-state index contributed by atoms with van der Waals surface area (Å²) < 4.78 is 2.14. The standard InChI is InChI=1S/C13H19N3S/c1-10(2)9-14-6-4-5-12-11(3)15-13-16(12)7-8-17-13/h4-5,7-8,10,14H,6,9H2,1-3H3. The van der Waals surface area contributed by atoms with Crippen LogP contribution in [-0.4, -0.2) is 22.5 Å². The van der Waals surface area contributed by atoms with Crippen molar-refractivity contribution in [1.29, 1.82) is 0 Å². The van der Waals surface area contributed by atoms with Crippen LogP contribution < -0.4 is 5.32 Å². The second-order valence-corrected chi connectivity index (χ2v) is 5.47. The van der Waals surface area contributed by atoms with E-state index in [2.05, 4.69) is 59.2 Å². The Morgan fingerprint density at radius 1 is 1.53 bits per heavy atom. The van der Waals surface area contributed by atoms with Crippen LogP contribution in [0, 0.1) is 12.8 Å². The SMILES string of the molecule is Cc1nc2sccn2c1C=CCNCC(C)C. The molecule has 0 spiro atoms. The van der Waals surface area contributed by atoms with Crippen LogP contribution in [0.2, 0.25) is 0 Å². The Morgan fingerprint density at radius 3 is 3.12 bits per heavy atom. The van der Waals surface area contributed by atoms with Crippen LogP contribution in [0.4, 0.5) is 0 Å². The topological polar surface area (TPSA) is 29.3 Å². The molecule has 0 aliphatic rings. The van der Waals surface area contributed by atoms with Crippen LogP contribution in [0.25, 0.3) is 11.0 Å². The Kier molecular flexibility index (Phi) is 3.97. The molecule has 0 saturated carbocycles. The van der Waals surface area contributed by atoms with Crippen LogP contribution in [0.15, 0.2) is 17.7 Å². The molecule has 3 nitrogen and oxygen atoms in total. The largest absolute Gasteiger partial charge is 0.313 e. The molecule has 0 aliphatic heterocycles. The molecule has 0 atom stereocenters. The third kappa shape index (κ3) is 2.96. The van der Waals surface area contributed by atoms with Gasteiger partial charge in [-0.15, -0.1) is 11.3 Å². The van der Waals surface area contributed by atoms with Crippen molar-refractivity contribution in [2.24, 2.45) is 5.92 Å². The average molecular weight is 249 g/mol. The van der Waals surface area contributed by atoms with Gasteiger partial charge in [0.25, 0.3) is 0 Å².